The monoisotopic (exact) mass is 278 g/mol. The van der Waals surface area contributed by atoms with Crippen LogP contribution in [0, 0.1) is 0 Å². The highest BCUT2D eigenvalue weighted by atomic mass is 32.2. The lowest BCUT2D eigenvalue weighted by molar-refractivity contribution is -0.156. The number of cyclic esters (lactones) is 1. The molecule has 0 amide bonds. The topological polar surface area (TPSA) is 52.6 Å². The van der Waals surface area contributed by atoms with Crippen LogP contribution >= 0.6 is 11.8 Å². The Morgan fingerprint density at radius 2 is 2.16 bits per heavy atom. The van der Waals surface area contributed by atoms with E-state index in [1.165, 1.54) is 6.08 Å². The first-order valence-electron chi connectivity index (χ1n) is 5.88. The van der Waals surface area contributed by atoms with Gasteiger partial charge in [0.15, 0.2) is 0 Å². The number of esters is 2. The van der Waals surface area contributed by atoms with Gasteiger partial charge in [0.05, 0.1) is 6.61 Å². The molecule has 1 atom stereocenters. The summed E-state index contributed by atoms with van der Waals surface area (Å²) in [5.41, 5.74) is 0.906. The first-order valence-corrected chi connectivity index (χ1v) is 7.11. The molecule has 0 N–H and O–H groups in total. The molecule has 1 aromatic carbocycles. The Bertz CT molecular complexity index is 493. The number of rotatable bonds is 4. The molecule has 0 saturated carbocycles. The minimum atomic E-state index is -0.754. The van der Waals surface area contributed by atoms with Crippen LogP contribution in [0.25, 0.3) is 6.08 Å². The third-order valence-corrected chi connectivity index (χ3v) is 3.42. The maximum absolute atomic E-state index is 11.5. The summed E-state index contributed by atoms with van der Waals surface area (Å²) in [6.45, 7) is 0.316. The van der Waals surface area contributed by atoms with Gasteiger partial charge in [-0.1, -0.05) is 12.1 Å². The summed E-state index contributed by atoms with van der Waals surface area (Å²) in [4.78, 5) is 23.8. The highest BCUT2D eigenvalue weighted by Gasteiger charge is 2.29. The van der Waals surface area contributed by atoms with Gasteiger partial charge in [-0.3, -0.25) is 0 Å². The lowest BCUT2D eigenvalue weighted by Crippen LogP contribution is -2.21. The Balaban J connectivity index is 1.90. The third-order valence-electron chi connectivity index (χ3n) is 2.67. The third kappa shape index (κ3) is 3.86. The summed E-state index contributed by atoms with van der Waals surface area (Å²) in [6, 6.07) is 7.78. The van der Waals surface area contributed by atoms with E-state index in [-0.39, 0.29) is 0 Å². The molecule has 1 saturated heterocycles. The van der Waals surface area contributed by atoms with Crippen molar-refractivity contribution in [1.29, 1.82) is 0 Å². The molecule has 0 aliphatic carbocycles. The molecule has 0 spiro atoms. The first-order chi connectivity index (χ1) is 9.19. The second kappa shape index (κ2) is 6.43. The SMILES string of the molecule is CSc1ccc(/C=C/C(=O)O[C@@H]2CCOC2=O)cc1. The fourth-order valence-electron chi connectivity index (χ4n) is 1.64. The molecule has 100 valence electrons. The summed E-state index contributed by atoms with van der Waals surface area (Å²) >= 11 is 1.66. The molecule has 4 nitrogen and oxygen atoms in total. The Hall–Kier alpha value is -1.75. The van der Waals surface area contributed by atoms with Crippen molar-refractivity contribution >= 4 is 29.8 Å². The average Bonchev–Trinajstić information content (AvgIpc) is 2.82. The van der Waals surface area contributed by atoms with E-state index in [9.17, 15) is 9.59 Å². The van der Waals surface area contributed by atoms with Gasteiger partial charge in [0.2, 0.25) is 6.10 Å². The lowest BCUT2D eigenvalue weighted by atomic mass is 10.2. The predicted molar refractivity (Wildman–Crippen MR) is 72.7 cm³/mol. The Morgan fingerprint density at radius 1 is 1.42 bits per heavy atom. The van der Waals surface area contributed by atoms with Crippen molar-refractivity contribution in [3.63, 3.8) is 0 Å². The van der Waals surface area contributed by atoms with Crippen LogP contribution in [0.5, 0.6) is 0 Å². The zero-order chi connectivity index (χ0) is 13.7. The van der Waals surface area contributed by atoms with Gasteiger partial charge in [0.25, 0.3) is 0 Å². The Morgan fingerprint density at radius 3 is 2.74 bits per heavy atom. The van der Waals surface area contributed by atoms with E-state index in [4.69, 9.17) is 9.47 Å². The van der Waals surface area contributed by atoms with Crippen molar-refractivity contribution in [3.8, 4) is 0 Å². The van der Waals surface area contributed by atoms with Gasteiger partial charge < -0.3 is 9.47 Å². The lowest BCUT2D eigenvalue weighted by Gasteiger charge is -2.05. The number of hydrogen-bond acceptors (Lipinski definition) is 5. The van der Waals surface area contributed by atoms with Gasteiger partial charge in [0.1, 0.15) is 0 Å². The van der Waals surface area contributed by atoms with Gasteiger partial charge in [-0.05, 0) is 30.0 Å². The number of carbonyl (C=O) groups excluding carboxylic acids is 2. The number of carbonyl (C=O) groups is 2. The standard InChI is InChI=1S/C14H14O4S/c1-19-11-5-2-10(3-6-11)4-7-13(15)18-12-8-9-17-14(12)16/h2-7,12H,8-9H2,1H3/b7-4+/t12-/m1/s1. The van der Waals surface area contributed by atoms with Gasteiger partial charge in [0, 0.05) is 17.4 Å². The smallest absolute Gasteiger partial charge is 0.347 e. The maximum Gasteiger partial charge on any atom is 0.347 e. The Kier molecular flexibility index (Phi) is 4.63. The summed E-state index contributed by atoms with van der Waals surface area (Å²) in [7, 11) is 0. The van der Waals surface area contributed by atoms with E-state index >= 15 is 0 Å². The predicted octanol–water partition coefficient (Wildman–Crippen LogP) is 2.28. The van der Waals surface area contributed by atoms with E-state index in [0.29, 0.717) is 13.0 Å². The molecule has 1 fully saturated rings. The molecule has 0 bridgehead atoms. The molecule has 0 aromatic heterocycles. The minimum Gasteiger partial charge on any atom is -0.463 e. The van der Waals surface area contributed by atoms with Crippen molar-refractivity contribution in [1.82, 2.24) is 0 Å². The van der Waals surface area contributed by atoms with E-state index in [1.807, 2.05) is 30.5 Å². The van der Waals surface area contributed by atoms with Crippen molar-refractivity contribution in [2.24, 2.45) is 0 Å². The summed E-state index contributed by atoms with van der Waals surface area (Å²) in [5.74, 6) is -0.996. The van der Waals surface area contributed by atoms with Crippen LogP contribution in [0.2, 0.25) is 0 Å². The van der Waals surface area contributed by atoms with Gasteiger partial charge in [-0.15, -0.1) is 11.8 Å². The second-order valence-corrected chi connectivity index (χ2v) is 4.87. The fraction of sp³-hybridized carbons (Fsp3) is 0.286. The number of benzene rings is 1. The van der Waals surface area contributed by atoms with Crippen LogP contribution in [0.3, 0.4) is 0 Å². The molecule has 19 heavy (non-hydrogen) atoms. The molecular formula is C14H14O4S. The molecule has 1 heterocycles. The van der Waals surface area contributed by atoms with Crippen molar-refractivity contribution in [2.75, 3.05) is 12.9 Å². The highest BCUT2D eigenvalue weighted by molar-refractivity contribution is 7.98. The normalized spacial score (nSPS) is 18.6. The summed E-state index contributed by atoms with van der Waals surface area (Å²) in [5, 5.41) is 0. The molecule has 0 unspecified atom stereocenters. The number of hydrogen-bond donors (Lipinski definition) is 0. The fourth-order valence-corrected chi connectivity index (χ4v) is 2.05. The zero-order valence-electron chi connectivity index (χ0n) is 10.5. The van der Waals surface area contributed by atoms with Gasteiger partial charge in [-0.2, -0.15) is 0 Å². The first kappa shape index (κ1) is 13.7. The molecule has 5 heteroatoms. The highest BCUT2D eigenvalue weighted by Crippen LogP contribution is 2.16. The maximum atomic E-state index is 11.5. The van der Waals surface area contributed by atoms with Crippen LogP contribution in [0.15, 0.2) is 35.2 Å². The van der Waals surface area contributed by atoms with Crippen LogP contribution in [-0.4, -0.2) is 30.9 Å². The molecule has 1 aromatic rings. The largest absolute Gasteiger partial charge is 0.463 e. The summed E-state index contributed by atoms with van der Waals surface area (Å²) < 4.78 is 9.70. The second-order valence-electron chi connectivity index (χ2n) is 3.99. The molecule has 1 aliphatic rings. The minimum absolute atomic E-state index is 0.316. The number of ether oxygens (including phenoxy) is 2. The van der Waals surface area contributed by atoms with Crippen LogP contribution in [-0.2, 0) is 19.1 Å². The van der Waals surface area contributed by atoms with Crippen molar-refractivity contribution < 1.29 is 19.1 Å². The molecule has 1 aliphatic heterocycles. The number of thioether (sulfide) groups is 1. The zero-order valence-corrected chi connectivity index (χ0v) is 11.3. The Labute approximate surface area is 115 Å². The van der Waals surface area contributed by atoms with Crippen molar-refractivity contribution in [3.05, 3.63) is 35.9 Å². The van der Waals surface area contributed by atoms with E-state index < -0.39 is 18.0 Å². The summed E-state index contributed by atoms with van der Waals surface area (Å²) in [6.07, 6.45) is 4.66. The molecular weight excluding hydrogens is 264 g/mol. The van der Waals surface area contributed by atoms with Crippen LogP contribution in [0.4, 0.5) is 0 Å². The van der Waals surface area contributed by atoms with Crippen LogP contribution < -0.4 is 0 Å². The van der Waals surface area contributed by atoms with Gasteiger partial charge >= 0.3 is 11.9 Å². The van der Waals surface area contributed by atoms with E-state index in [0.717, 1.165) is 10.5 Å². The van der Waals surface area contributed by atoms with Crippen LogP contribution in [0.1, 0.15) is 12.0 Å². The quantitative estimate of drug-likeness (QED) is 0.480. The average molecular weight is 278 g/mol. The molecule has 0 radical (unpaired) electrons. The molecule has 2 rings (SSSR count). The van der Waals surface area contributed by atoms with Gasteiger partial charge in [-0.25, -0.2) is 9.59 Å². The van der Waals surface area contributed by atoms with Crippen molar-refractivity contribution in [2.45, 2.75) is 17.4 Å². The van der Waals surface area contributed by atoms with E-state index in [2.05, 4.69) is 0 Å². The van der Waals surface area contributed by atoms with E-state index in [1.54, 1.807) is 17.8 Å².